The van der Waals surface area contributed by atoms with Gasteiger partial charge in [-0.1, -0.05) is 25.0 Å². The van der Waals surface area contributed by atoms with Gasteiger partial charge >= 0.3 is 0 Å². The number of amides is 1. The van der Waals surface area contributed by atoms with Gasteiger partial charge in [0.25, 0.3) is 0 Å². The maximum atomic E-state index is 12.0. The Morgan fingerprint density at radius 2 is 2.05 bits per heavy atom. The number of hydrogen-bond donors (Lipinski definition) is 3. The number of nitrogens with one attached hydrogen (secondary N) is 2. The summed E-state index contributed by atoms with van der Waals surface area (Å²) < 4.78 is 0. The van der Waals surface area contributed by atoms with Gasteiger partial charge in [-0.25, -0.2) is 0 Å². The fourth-order valence-electron chi connectivity index (χ4n) is 2.37. The first-order valence-electron chi connectivity index (χ1n) is 7.05. The third-order valence-electron chi connectivity index (χ3n) is 3.53. The van der Waals surface area contributed by atoms with Crippen molar-refractivity contribution in [2.75, 3.05) is 13.1 Å². The number of carbonyl (C=O) groups is 1. The summed E-state index contributed by atoms with van der Waals surface area (Å²) in [6, 6.07) is 7.08. The van der Waals surface area contributed by atoms with Crippen LogP contribution in [0.3, 0.4) is 0 Å². The van der Waals surface area contributed by atoms with E-state index in [1.807, 2.05) is 12.1 Å². The van der Waals surface area contributed by atoms with Crippen LogP contribution in [-0.4, -0.2) is 30.1 Å². The Kier molecular flexibility index (Phi) is 5.21. The monoisotopic (exact) mass is 262 g/mol. The van der Waals surface area contributed by atoms with Gasteiger partial charge in [-0.15, -0.1) is 0 Å². The number of carbonyl (C=O) groups excluding carboxylic acids is 1. The second-order valence-corrected chi connectivity index (χ2v) is 5.06. The van der Waals surface area contributed by atoms with Crippen molar-refractivity contribution in [2.24, 2.45) is 0 Å². The second kappa shape index (κ2) is 7.14. The summed E-state index contributed by atoms with van der Waals surface area (Å²) in [4.78, 5) is 12.0. The number of phenolic OH excluding ortho intramolecular Hbond substituents is 1. The number of hydrogen-bond acceptors (Lipinski definition) is 3. The van der Waals surface area contributed by atoms with Crippen LogP contribution >= 0.6 is 0 Å². The van der Waals surface area contributed by atoms with Gasteiger partial charge in [0.1, 0.15) is 5.75 Å². The summed E-state index contributed by atoms with van der Waals surface area (Å²) in [7, 11) is 0. The van der Waals surface area contributed by atoms with Gasteiger partial charge in [0, 0.05) is 6.54 Å². The first kappa shape index (κ1) is 13.9. The van der Waals surface area contributed by atoms with Gasteiger partial charge in [0.05, 0.1) is 6.04 Å². The molecule has 0 aliphatic carbocycles. The van der Waals surface area contributed by atoms with E-state index in [0.29, 0.717) is 6.54 Å². The Labute approximate surface area is 114 Å². The van der Waals surface area contributed by atoms with Crippen molar-refractivity contribution in [3.05, 3.63) is 29.8 Å². The second-order valence-electron chi connectivity index (χ2n) is 5.06. The Bertz CT molecular complexity index is 395. The van der Waals surface area contributed by atoms with E-state index in [2.05, 4.69) is 10.6 Å². The fraction of sp³-hybridized carbons (Fsp3) is 0.533. The molecule has 0 spiro atoms. The quantitative estimate of drug-likeness (QED) is 0.772. The lowest BCUT2D eigenvalue weighted by Gasteiger charge is -2.15. The third-order valence-corrected chi connectivity index (χ3v) is 3.53. The van der Waals surface area contributed by atoms with Gasteiger partial charge in [-0.05, 0) is 43.5 Å². The molecule has 1 unspecified atom stereocenters. The van der Waals surface area contributed by atoms with Gasteiger partial charge in [-0.3, -0.25) is 4.79 Å². The number of phenols is 1. The lowest BCUT2D eigenvalue weighted by atomic mass is 10.1. The molecule has 0 aromatic heterocycles. The molecule has 19 heavy (non-hydrogen) atoms. The van der Waals surface area contributed by atoms with Crippen molar-refractivity contribution in [3.8, 4) is 5.75 Å². The van der Waals surface area contributed by atoms with Crippen LogP contribution in [0.4, 0.5) is 0 Å². The zero-order valence-electron chi connectivity index (χ0n) is 11.2. The summed E-state index contributed by atoms with van der Waals surface area (Å²) in [6.07, 6.45) is 5.23. The molecular weight excluding hydrogens is 240 g/mol. The Morgan fingerprint density at radius 1 is 1.26 bits per heavy atom. The maximum absolute atomic E-state index is 12.0. The van der Waals surface area contributed by atoms with E-state index in [1.165, 1.54) is 6.42 Å². The standard InChI is InChI=1S/C15H22N2O2/c18-13-7-5-12(6-8-13)9-11-17-15(19)14-4-2-1-3-10-16-14/h5-8,14,16,18H,1-4,9-11H2,(H,17,19). The summed E-state index contributed by atoms with van der Waals surface area (Å²) in [5.41, 5.74) is 1.12. The number of aromatic hydroxyl groups is 1. The molecule has 2 rings (SSSR count). The zero-order valence-corrected chi connectivity index (χ0v) is 11.2. The molecule has 1 heterocycles. The van der Waals surface area contributed by atoms with Crippen molar-refractivity contribution in [2.45, 2.75) is 38.1 Å². The molecule has 4 heteroatoms. The molecule has 1 fully saturated rings. The topological polar surface area (TPSA) is 61.4 Å². The predicted molar refractivity (Wildman–Crippen MR) is 75.1 cm³/mol. The summed E-state index contributed by atoms with van der Waals surface area (Å²) in [6.45, 7) is 1.58. The minimum atomic E-state index is -0.0256. The van der Waals surface area contributed by atoms with Crippen molar-refractivity contribution >= 4 is 5.91 Å². The minimum Gasteiger partial charge on any atom is -0.508 e. The summed E-state index contributed by atoms with van der Waals surface area (Å²) in [5, 5.41) is 15.5. The van der Waals surface area contributed by atoms with Crippen LogP contribution < -0.4 is 10.6 Å². The van der Waals surface area contributed by atoms with Crippen LogP contribution in [0.25, 0.3) is 0 Å². The number of rotatable bonds is 4. The van der Waals surface area contributed by atoms with Gasteiger partial charge in [-0.2, -0.15) is 0 Å². The number of benzene rings is 1. The average molecular weight is 262 g/mol. The lowest BCUT2D eigenvalue weighted by molar-refractivity contribution is -0.123. The van der Waals surface area contributed by atoms with Crippen molar-refractivity contribution in [1.82, 2.24) is 10.6 Å². The highest BCUT2D eigenvalue weighted by molar-refractivity contribution is 5.81. The lowest BCUT2D eigenvalue weighted by Crippen LogP contribution is -2.44. The smallest absolute Gasteiger partial charge is 0.237 e. The van der Waals surface area contributed by atoms with Crippen LogP contribution in [0, 0.1) is 0 Å². The highest BCUT2D eigenvalue weighted by Gasteiger charge is 2.18. The third kappa shape index (κ3) is 4.56. The van der Waals surface area contributed by atoms with Crippen molar-refractivity contribution < 1.29 is 9.90 Å². The summed E-state index contributed by atoms with van der Waals surface area (Å²) in [5.74, 6) is 0.385. The Hall–Kier alpha value is -1.55. The molecule has 1 aliphatic rings. The maximum Gasteiger partial charge on any atom is 0.237 e. The molecule has 0 radical (unpaired) electrons. The molecular formula is C15H22N2O2. The Balaban J connectivity index is 1.72. The van der Waals surface area contributed by atoms with E-state index < -0.39 is 0 Å². The van der Waals surface area contributed by atoms with E-state index >= 15 is 0 Å². The molecule has 104 valence electrons. The highest BCUT2D eigenvalue weighted by atomic mass is 16.3. The molecule has 4 nitrogen and oxygen atoms in total. The predicted octanol–water partition coefficient (Wildman–Crippen LogP) is 1.58. The molecule has 1 amide bonds. The normalized spacial score (nSPS) is 19.7. The van der Waals surface area contributed by atoms with Gasteiger partial charge in [0.2, 0.25) is 5.91 Å². The van der Waals surface area contributed by atoms with E-state index in [1.54, 1.807) is 12.1 Å². The van der Waals surface area contributed by atoms with Gasteiger partial charge < -0.3 is 15.7 Å². The summed E-state index contributed by atoms with van der Waals surface area (Å²) >= 11 is 0. The molecule has 1 aromatic rings. The zero-order chi connectivity index (χ0) is 13.5. The van der Waals surface area contributed by atoms with E-state index in [0.717, 1.165) is 37.8 Å². The first-order valence-corrected chi connectivity index (χ1v) is 7.05. The molecule has 0 bridgehead atoms. The van der Waals surface area contributed by atoms with Gasteiger partial charge in [0.15, 0.2) is 0 Å². The molecule has 1 atom stereocenters. The fourth-order valence-corrected chi connectivity index (χ4v) is 2.37. The van der Waals surface area contributed by atoms with Crippen LogP contribution in [0.2, 0.25) is 0 Å². The Morgan fingerprint density at radius 3 is 2.84 bits per heavy atom. The van der Waals surface area contributed by atoms with Crippen LogP contribution in [0.5, 0.6) is 5.75 Å². The van der Waals surface area contributed by atoms with Crippen molar-refractivity contribution in [3.63, 3.8) is 0 Å². The van der Waals surface area contributed by atoms with Crippen LogP contribution in [-0.2, 0) is 11.2 Å². The SMILES string of the molecule is O=C(NCCc1ccc(O)cc1)C1CCCCCN1. The molecule has 1 saturated heterocycles. The highest BCUT2D eigenvalue weighted by Crippen LogP contribution is 2.10. The first-order chi connectivity index (χ1) is 9.25. The minimum absolute atomic E-state index is 0.0256. The molecule has 1 aliphatic heterocycles. The van der Waals surface area contributed by atoms with E-state index in [-0.39, 0.29) is 17.7 Å². The molecule has 0 saturated carbocycles. The average Bonchev–Trinajstić information content (AvgIpc) is 2.70. The van der Waals surface area contributed by atoms with E-state index in [9.17, 15) is 9.90 Å². The van der Waals surface area contributed by atoms with Crippen LogP contribution in [0.1, 0.15) is 31.2 Å². The van der Waals surface area contributed by atoms with Crippen molar-refractivity contribution in [1.29, 1.82) is 0 Å². The largest absolute Gasteiger partial charge is 0.508 e. The van der Waals surface area contributed by atoms with E-state index in [4.69, 9.17) is 0 Å². The molecule has 1 aromatic carbocycles. The molecule has 3 N–H and O–H groups in total. The van der Waals surface area contributed by atoms with Crippen LogP contribution in [0.15, 0.2) is 24.3 Å².